The van der Waals surface area contributed by atoms with Crippen molar-refractivity contribution in [3.8, 4) is 0 Å². The van der Waals surface area contributed by atoms with Crippen LogP contribution in [0.3, 0.4) is 0 Å². The van der Waals surface area contributed by atoms with Crippen LogP contribution in [0.25, 0.3) is 0 Å². The van der Waals surface area contributed by atoms with Crippen LogP contribution in [0.2, 0.25) is 0 Å². The number of rotatable bonds is 2. The van der Waals surface area contributed by atoms with Crippen LogP contribution in [-0.4, -0.2) is 18.2 Å². The number of hydrogen-bond donors (Lipinski definition) is 1. The Hall–Kier alpha value is -1.52. The molecule has 0 atom stereocenters. The molecule has 0 amide bonds. The molecule has 1 rings (SSSR count). The summed E-state index contributed by atoms with van der Waals surface area (Å²) in [5, 5.41) is 9.03. The van der Waals surface area contributed by atoms with Crippen LogP contribution in [0.5, 0.6) is 0 Å². The van der Waals surface area contributed by atoms with E-state index < -0.39 is 6.16 Å². The van der Waals surface area contributed by atoms with Gasteiger partial charge >= 0.3 is 0 Å². The van der Waals surface area contributed by atoms with Crippen LogP contribution < -0.4 is 9.67 Å². The Balaban J connectivity index is 0.000000292. The summed E-state index contributed by atoms with van der Waals surface area (Å²) in [6, 6.07) is 0. The van der Waals surface area contributed by atoms with Gasteiger partial charge in [-0.1, -0.05) is 6.92 Å². The first-order valence-corrected chi connectivity index (χ1v) is 4.40. The van der Waals surface area contributed by atoms with Crippen molar-refractivity contribution in [3.05, 3.63) is 18.2 Å². The van der Waals surface area contributed by atoms with Crippen LogP contribution in [0.1, 0.15) is 19.2 Å². The van der Waals surface area contributed by atoms with E-state index in [0.29, 0.717) is 0 Å². The average molecular weight is 200 g/mol. The number of ether oxygens (including phenoxy) is 1. The molecular weight excluding hydrogens is 184 g/mol. The number of imidazole rings is 1. The van der Waals surface area contributed by atoms with Gasteiger partial charge in [-0.05, 0) is 6.42 Å². The third kappa shape index (κ3) is 5.18. The number of aromatic amines is 1. The summed E-state index contributed by atoms with van der Waals surface area (Å²) >= 11 is 0. The van der Waals surface area contributed by atoms with Gasteiger partial charge in [-0.3, -0.25) is 0 Å². The fourth-order valence-corrected chi connectivity index (χ4v) is 0.926. The molecule has 5 nitrogen and oxygen atoms in total. The first kappa shape index (κ1) is 12.5. The van der Waals surface area contributed by atoms with Crippen LogP contribution in [0, 0.1) is 6.92 Å². The van der Waals surface area contributed by atoms with Gasteiger partial charge in [0.15, 0.2) is 0 Å². The molecule has 0 aromatic carbocycles. The standard InChI is InChI=1S/C7H12N2.C2H4O3/c1-3-5-9-6-4-8-7(9)2;1-5-2(3)4/h4,6H,3,5H2,1-2H3;1H3,(H,3,4). The number of H-pyrrole nitrogens is 1. The highest BCUT2D eigenvalue weighted by Gasteiger charge is 2.00. The number of carboxylic acid groups (broad SMARTS) is 1. The van der Waals surface area contributed by atoms with Gasteiger partial charge in [0.25, 0.3) is 12.0 Å². The van der Waals surface area contributed by atoms with Crippen molar-refractivity contribution in [2.45, 2.75) is 26.8 Å². The predicted octanol–water partition coefficient (Wildman–Crippen LogP) is -0.00328. The first-order chi connectivity index (χ1) is 6.61. The monoisotopic (exact) mass is 200 g/mol. The summed E-state index contributed by atoms with van der Waals surface area (Å²) in [5.74, 6) is 1.23. The summed E-state index contributed by atoms with van der Waals surface area (Å²) < 4.78 is 5.76. The Morgan fingerprint density at radius 2 is 2.29 bits per heavy atom. The molecular formula is C9H16N2O3. The summed E-state index contributed by atoms with van der Waals surface area (Å²) in [4.78, 5) is 12.2. The smallest absolute Gasteiger partial charge is 0.251 e. The van der Waals surface area contributed by atoms with E-state index in [1.807, 2.05) is 6.20 Å². The minimum absolute atomic E-state index is 1.04. The van der Waals surface area contributed by atoms with E-state index in [1.54, 1.807) is 0 Å². The second-order valence-electron chi connectivity index (χ2n) is 2.69. The van der Waals surface area contributed by atoms with Crippen molar-refractivity contribution in [2.24, 2.45) is 0 Å². The third-order valence-electron chi connectivity index (χ3n) is 1.61. The van der Waals surface area contributed by atoms with Crippen molar-refractivity contribution < 1.29 is 19.2 Å². The number of aromatic nitrogens is 2. The zero-order valence-corrected chi connectivity index (χ0v) is 8.74. The summed E-state index contributed by atoms with van der Waals surface area (Å²) in [7, 11) is 1.04. The van der Waals surface area contributed by atoms with Crippen LogP contribution in [0.4, 0.5) is 4.79 Å². The van der Waals surface area contributed by atoms with Crippen molar-refractivity contribution in [2.75, 3.05) is 7.11 Å². The number of methoxy groups -OCH3 is 1. The Labute approximate surface area is 83.3 Å². The van der Waals surface area contributed by atoms with Crippen molar-refractivity contribution >= 4 is 6.16 Å². The lowest BCUT2D eigenvalue weighted by atomic mass is 10.5. The first-order valence-electron chi connectivity index (χ1n) is 4.40. The van der Waals surface area contributed by atoms with Crippen LogP contribution in [-0.2, 0) is 11.3 Å². The largest absolute Gasteiger partial charge is 0.553 e. The molecule has 1 aromatic rings. The number of nitrogens with zero attached hydrogens (tertiary/aromatic N) is 1. The summed E-state index contributed by atoms with van der Waals surface area (Å²) in [6.45, 7) is 5.38. The maximum Gasteiger partial charge on any atom is 0.251 e. The van der Waals surface area contributed by atoms with E-state index in [4.69, 9.17) is 9.90 Å². The van der Waals surface area contributed by atoms with Crippen molar-refractivity contribution in [3.63, 3.8) is 0 Å². The lowest BCUT2D eigenvalue weighted by molar-refractivity contribution is -0.701. The van der Waals surface area contributed by atoms with E-state index >= 15 is 0 Å². The van der Waals surface area contributed by atoms with E-state index in [2.05, 4.69) is 34.3 Å². The van der Waals surface area contributed by atoms with Gasteiger partial charge in [-0.2, -0.15) is 0 Å². The lowest BCUT2D eigenvalue weighted by Crippen LogP contribution is -2.33. The molecule has 0 bridgehead atoms. The fraction of sp³-hybridized carbons (Fsp3) is 0.556. The van der Waals surface area contributed by atoms with Crippen LogP contribution in [0.15, 0.2) is 12.4 Å². The molecule has 1 heterocycles. The van der Waals surface area contributed by atoms with Gasteiger partial charge in [0.05, 0.1) is 6.54 Å². The molecule has 5 heteroatoms. The fourth-order valence-electron chi connectivity index (χ4n) is 0.926. The highest BCUT2D eigenvalue weighted by Crippen LogP contribution is 1.82. The van der Waals surface area contributed by atoms with Gasteiger partial charge in [0, 0.05) is 14.0 Å². The lowest BCUT2D eigenvalue weighted by Gasteiger charge is -1.92. The molecule has 0 aliphatic rings. The number of carbonyl (C=O) groups excluding carboxylic acids is 1. The molecule has 0 spiro atoms. The average Bonchev–Trinajstić information content (AvgIpc) is 2.54. The maximum atomic E-state index is 9.03. The van der Waals surface area contributed by atoms with Gasteiger partial charge in [-0.25, -0.2) is 9.55 Å². The topological polar surface area (TPSA) is 69.0 Å². The Kier molecular flexibility index (Phi) is 6.19. The number of carbonyl (C=O) groups is 1. The highest BCUT2D eigenvalue weighted by atomic mass is 16.6. The summed E-state index contributed by atoms with van der Waals surface area (Å²) in [6.07, 6.45) is 3.73. The molecule has 0 fully saturated rings. The maximum absolute atomic E-state index is 9.03. The zero-order chi connectivity index (χ0) is 11.0. The molecule has 1 aromatic heterocycles. The predicted molar refractivity (Wildman–Crippen MR) is 48.4 cm³/mol. The number of nitrogens with one attached hydrogen (secondary N) is 1. The van der Waals surface area contributed by atoms with E-state index in [0.717, 1.165) is 13.7 Å². The van der Waals surface area contributed by atoms with Crippen LogP contribution >= 0.6 is 0 Å². The minimum atomic E-state index is -1.50. The Morgan fingerprint density at radius 3 is 2.57 bits per heavy atom. The minimum Gasteiger partial charge on any atom is -0.553 e. The SMILES string of the molecule is CCC[n+]1cc[nH]c1C.COC(=O)[O-]. The number of hydrogen-bond acceptors (Lipinski definition) is 3. The highest BCUT2D eigenvalue weighted by molar-refractivity contribution is 5.53. The van der Waals surface area contributed by atoms with Gasteiger partial charge in [0.2, 0.25) is 0 Å². The molecule has 0 aliphatic carbocycles. The number of aryl methyl sites for hydroxylation is 2. The molecule has 80 valence electrons. The van der Waals surface area contributed by atoms with Crippen molar-refractivity contribution in [1.82, 2.24) is 4.98 Å². The molecule has 0 radical (unpaired) electrons. The van der Waals surface area contributed by atoms with Gasteiger partial charge in [-0.15, -0.1) is 0 Å². The third-order valence-corrected chi connectivity index (χ3v) is 1.61. The molecule has 14 heavy (non-hydrogen) atoms. The second kappa shape index (κ2) is 6.94. The van der Waals surface area contributed by atoms with Crippen molar-refractivity contribution in [1.29, 1.82) is 0 Å². The molecule has 0 saturated heterocycles. The normalized spacial score (nSPS) is 8.79. The zero-order valence-electron chi connectivity index (χ0n) is 8.74. The van der Waals surface area contributed by atoms with Gasteiger partial charge < -0.3 is 14.6 Å². The van der Waals surface area contributed by atoms with E-state index in [1.165, 1.54) is 12.2 Å². The second-order valence-corrected chi connectivity index (χ2v) is 2.69. The van der Waals surface area contributed by atoms with Gasteiger partial charge in [0.1, 0.15) is 12.4 Å². The molecule has 0 aliphatic heterocycles. The Morgan fingerprint density at radius 1 is 1.71 bits per heavy atom. The Bertz CT molecular complexity index is 271. The molecule has 0 saturated carbocycles. The summed E-state index contributed by atoms with van der Waals surface area (Å²) in [5.41, 5.74) is 0. The molecule has 1 N–H and O–H groups in total. The molecule has 0 unspecified atom stereocenters. The quantitative estimate of drug-likeness (QED) is 0.539. The van der Waals surface area contributed by atoms with E-state index in [9.17, 15) is 0 Å². The van der Waals surface area contributed by atoms with E-state index in [-0.39, 0.29) is 0 Å².